The molecule has 0 radical (unpaired) electrons. The normalized spacial score (nSPS) is 12.6. The first kappa shape index (κ1) is 16.0. The third kappa shape index (κ3) is 3.38. The Morgan fingerprint density at radius 3 is 2.42 bits per heavy atom. The van der Waals surface area contributed by atoms with Gasteiger partial charge in [-0.1, -0.05) is 54.6 Å². The summed E-state index contributed by atoms with van der Waals surface area (Å²) < 4.78 is 4.64. The Bertz CT molecular complexity index is 795. The molecule has 4 heteroatoms. The molecule has 0 unspecified atom stereocenters. The lowest BCUT2D eigenvalue weighted by molar-refractivity contribution is -0.141. The quantitative estimate of drug-likeness (QED) is 0.811. The molecule has 0 saturated heterocycles. The van der Waals surface area contributed by atoms with E-state index in [0.717, 1.165) is 22.4 Å². The summed E-state index contributed by atoms with van der Waals surface area (Å²) >= 11 is 0. The van der Waals surface area contributed by atoms with Crippen LogP contribution in [0.5, 0.6) is 0 Å². The lowest BCUT2D eigenvalue weighted by Crippen LogP contribution is -2.32. The fraction of sp³-hybridized carbons (Fsp3) is 0.200. The number of hydrogen-bond donors (Lipinski definition) is 0. The monoisotopic (exact) mass is 321 g/mol. The highest BCUT2D eigenvalue weighted by molar-refractivity contribution is 5.98. The third-order valence-electron chi connectivity index (χ3n) is 4.13. The Kier molecular flexibility index (Phi) is 4.75. The summed E-state index contributed by atoms with van der Waals surface area (Å²) in [5.74, 6) is -0.457. The van der Waals surface area contributed by atoms with Gasteiger partial charge in [-0.05, 0) is 22.8 Å². The number of anilines is 1. The number of amides is 1. The summed E-state index contributed by atoms with van der Waals surface area (Å²) in [5.41, 5.74) is 4.02. The smallest absolute Gasteiger partial charge is 0.306 e. The summed E-state index contributed by atoms with van der Waals surface area (Å²) in [7, 11) is 1.33. The average Bonchev–Trinajstić information content (AvgIpc) is 2.61. The number of esters is 1. The Balaban J connectivity index is 1.96. The van der Waals surface area contributed by atoms with Crippen LogP contribution < -0.4 is 4.90 Å². The number of rotatable bonds is 3. The number of nitrogens with zero attached hydrogens (tertiary/aromatic N) is 1. The Morgan fingerprint density at radius 1 is 0.958 bits per heavy atom. The van der Waals surface area contributed by atoms with E-state index in [4.69, 9.17) is 0 Å². The maximum absolute atomic E-state index is 12.8. The van der Waals surface area contributed by atoms with Crippen LogP contribution in [-0.4, -0.2) is 19.0 Å². The predicted octanol–water partition coefficient (Wildman–Crippen LogP) is 3.66. The van der Waals surface area contributed by atoms with E-state index in [2.05, 4.69) is 10.8 Å². The standard InChI is InChI=1S/C20H19NO3/c1-24-20(23)13-12-19(22)21-14-17-8-3-2-6-15(17)10-11-16-7-4-5-9-18(16)21/h2-11H,12-14H2,1H3. The van der Waals surface area contributed by atoms with Gasteiger partial charge in [0.15, 0.2) is 0 Å². The first-order valence-electron chi connectivity index (χ1n) is 7.91. The van der Waals surface area contributed by atoms with Crippen LogP contribution in [0.1, 0.15) is 29.5 Å². The van der Waals surface area contributed by atoms with Gasteiger partial charge in [-0.25, -0.2) is 0 Å². The average molecular weight is 321 g/mol. The number of ether oxygens (including phenoxy) is 1. The number of fused-ring (bicyclic) bond motifs is 2. The second-order valence-corrected chi connectivity index (χ2v) is 5.65. The van der Waals surface area contributed by atoms with Crippen molar-refractivity contribution < 1.29 is 14.3 Å². The van der Waals surface area contributed by atoms with Gasteiger partial charge in [-0.15, -0.1) is 0 Å². The van der Waals surface area contributed by atoms with Crippen molar-refractivity contribution in [2.24, 2.45) is 0 Å². The summed E-state index contributed by atoms with van der Waals surface area (Å²) in [6.07, 6.45) is 4.32. The van der Waals surface area contributed by atoms with E-state index >= 15 is 0 Å². The molecule has 1 aliphatic heterocycles. The second kappa shape index (κ2) is 7.13. The zero-order valence-corrected chi connectivity index (χ0v) is 13.6. The fourth-order valence-corrected chi connectivity index (χ4v) is 2.82. The molecule has 0 saturated carbocycles. The van der Waals surface area contributed by atoms with E-state index in [9.17, 15) is 9.59 Å². The van der Waals surface area contributed by atoms with Gasteiger partial charge >= 0.3 is 5.97 Å². The minimum atomic E-state index is -0.371. The van der Waals surface area contributed by atoms with Gasteiger partial charge in [0.25, 0.3) is 0 Å². The molecule has 1 amide bonds. The summed E-state index contributed by atoms with van der Waals surface area (Å²) in [4.78, 5) is 25.9. The van der Waals surface area contributed by atoms with Gasteiger partial charge in [-0.3, -0.25) is 9.59 Å². The fourth-order valence-electron chi connectivity index (χ4n) is 2.82. The number of methoxy groups -OCH3 is 1. The summed E-state index contributed by atoms with van der Waals surface area (Å²) in [5, 5.41) is 0. The summed E-state index contributed by atoms with van der Waals surface area (Å²) in [6, 6.07) is 15.8. The van der Waals surface area contributed by atoms with Crippen LogP contribution in [0, 0.1) is 0 Å². The highest BCUT2D eigenvalue weighted by Crippen LogP contribution is 2.29. The van der Waals surface area contributed by atoms with Gasteiger partial charge in [0.2, 0.25) is 5.91 Å². The summed E-state index contributed by atoms with van der Waals surface area (Å²) in [6.45, 7) is 0.484. The Morgan fingerprint density at radius 2 is 1.62 bits per heavy atom. The molecular formula is C20H19NO3. The molecule has 0 fully saturated rings. The molecule has 24 heavy (non-hydrogen) atoms. The van der Waals surface area contributed by atoms with Crippen LogP contribution in [0.25, 0.3) is 12.2 Å². The maximum Gasteiger partial charge on any atom is 0.306 e. The van der Waals surface area contributed by atoms with Crippen molar-refractivity contribution in [2.75, 3.05) is 12.0 Å². The zero-order chi connectivity index (χ0) is 16.9. The molecular weight excluding hydrogens is 302 g/mol. The number of carbonyl (C=O) groups is 2. The van der Waals surface area contributed by atoms with Crippen LogP contribution in [0.2, 0.25) is 0 Å². The van der Waals surface area contributed by atoms with Gasteiger partial charge in [0.1, 0.15) is 0 Å². The van der Waals surface area contributed by atoms with E-state index in [-0.39, 0.29) is 24.7 Å². The molecule has 122 valence electrons. The van der Waals surface area contributed by atoms with Crippen molar-refractivity contribution in [3.63, 3.8) is 0 Å². The minimum Gasteiger partial charge on any atom is -0.469 e. The van der Waals surface area contributed by atoms with Gasteiger partial charge in [0.05, 0.1) is 25.8 Å². The Labute approximate surface area is 141 Å². The van der Waals surface area contributed by atoms with E-state index in [1.165, 1.54) is 7.11 Å². The van der Waals surface area contributed by atoms with E-state index < -0.39 is 0 Å². The molecule has 0 atom stereocenters. The maximum atomic E-state index is 12.8. The first-order chi connectivity index (χ1) is 11.7. The number of para-hydroxylation sites is 1. The second-order valence-electron chi connectivity index (χ2n) is 5.65. The predicted molar refractivity (Wildman–Crippen MR) is 94.3 cm³/mol. The van der Waals surface area contributed by atoms with Crippen molar-refractivity contribution in [3.05, 3.63) is 65.2 Å². The zero-order valence-electron chi connectivity index (χ0n) is 13.6. The van der Waals surface area contributed by atoms with Crippen molar-refractivity contribution in [3.8, 4) is 0 Å². The van der Waals surface area contributed by atoms with E-state index in [1.807, 2.05) is 54.6 Å². The highest BCUT2D eigenvalue weighted by atomic mass is 16.5. The molecule has 0 aromatic heterocycles. The van der Waals surface area contributed by atoms with Crippen LogP contribution in [-0.2, 0) is 20.9 Å². The van der Waals surface area contributed by atoms with Crippen LogP contribution in [0.4, 0.5) is 5.69 Å². The number of hydrogen-bond acceptors (Lipinski definition) is 3. The van der Waals surface area contributed by atoms with E-state index in [1.54, 1.807) is 4.90 Å². The van der Waals surface area contributed by atoms with Gasteiger partial charge < -0.3 is 9.64 Å². The molecule has 1 heterocycles. The van der Waals surface area contributed by atoms with Crippen molar-refractivity contribution in [1.82, 2.24) is 0 Å². The first-order valence-corrected chi connectivity index (χ1v) is 7.91. The van der Waals surface area contributed by atoms with Gasteiger partial charge in [-0.2, -0.15) is 0 Å². The lowest BCUT2D eigenvalue weighted by Gasteiger charge is -2.27. The van der Waals surface area contributed by atoms with Crippen molar-refractivity contribution in [1.29, 1.82) is 0 Å². The van der Waals surface area contributed by atoms with Gasteiger partial charge in [0, 0.05) is 6.42 Å². The molecule has 0 aliphatic carbocycles. The highest BCUT2D eigenvalue weighted by Gasteiger charge is 2.21. The van der Waals surface area contributed by atoms with Crippen LogP contribution in [0.3, 0.4) is 0 Å². The molecule has 0 N–H and O–H groups in total. The van der Waals surface area contributed by atoms with Crippen molar-refractivity contribution >= 4 is 29.7 Å². The third-order valence-corrected chi connectivity index (χ3v) is 4.13. The molecule has 0 bridgehead atoms. The molecule has 3 rings (SSSR count). The Hall–Kier alpha value is -2.88. The minimum absolute atomic E-state index is 0.0852. The molecule has 2 aromatic carbocycles. The SMILES string of the molecule is COC(=O)CCC(=O)N1Cc2ccccc2C=Cc2ccccc21. The van der Waals surface area contributed by atoms with Crippen LogP contribution >= 0.6 is 0 Å². The number of benzene rings is 2. The van der Waals surface area contributed by atoms with Crippen LogP contribution in [0.15, 0.2) is 48.5 Å². The van der Waals surface area contributed by atoms with E-state index in [0.29, 0.717) is 6.54 Å². The molecule has 2 aromatic rings. The van der Waals surface area contributed by atoms with Crippen molar-refractivity contribution in [2.45, 2.75) is 19.4 Å². The largest absolute Gasteiger partial charge is 0.469 e. The molecule has 1 aliphatic rings. The molecule has 4 nitrogen and oxygen atoms in total. The molecule has 0 spiro atoms. The topological polar surface area (TPSA) is 46.6 Å². The number of carbonyl (C=O) groups excluding carboxylic acids is 2. The lowest BCUT2D eigenvalue weighted by atomic mass is 10.0.